The molecule has 2 N–H and O–H groups in total. The molecule has 26 heavy (non-hydrogen) atoms. The van der Waals surface area contributed by atoms with Crippen LogP contribution in [0, 0.1) is 0 Å². The molecule has 0 atom stereocenters. The van der Waals surface area contributed by atoms with Gasteiger partial charge in [-0.1, -0.05) is 36.4 Å². The maximum Gasteiger partial charge on any atom is 0.303 e. The molecule has 0 bridgehead atoms. The highest BCUT2D eigenvalue weighted by atomic mass is 16.5. The van der Waals surface area contributed by atoms with Crippen LogP contribution in [0.1, 0.15) is 23.1 Å². The van der Waals surface area contributed by atoms with Crippen molar-refractivity contribution in [3.63, 3.8) is 0 Å². The molecule has 1 fully saturated rings. The van der Waals surface area contributed by atoms with Crippen molar-refractivity contribution >= 4 is 5.97 Å². The molecule has 0 aromatic heterocycles. The third kappa shape index (κ3) is 5.86. The average molecular weight is 354 g/mol. The normalized spacial score (nSPS) is 14.9. The van der Waals surface area contributed by atoms with Gasteiger partial charge in [-0.15, -0.1) is 0 Å². The van der Waals surface area contributed by atoms with E-state index in [1.54, 1.807) is 0 Å². The van der Waals surface area contributed by atoms with Crippen molar-refractivity contribution in [1.82, 2.24) is 10.2 Å². The van der Waals surface area contributed by atoms with E-state index in [4.69, 9.17) is 9.84 Å². The van der Waals surface area contributed by atoms with Gasteiger partial charge in [-0.3, -0.25) is 9.69 Å². The quantitative estimate of drug-likeness (QED) is 0.763. The summed E-state index contributed by atoms with van der Waals surface area (Å²) in [7, 11) is 0. The summed E-state index contributed by atoms with van der Waals surface area (Å²) in [5.74, 6) is 0.0275. The molecule has 3 rings (SSSR count). The van der Waals surface area contributed by atoms with Crippen LogP contribution in [0.5, 0.6) is 5.75 Å². The molecule has 1 aliphatic heterocycles. The second-order valence-corrected chi connectivity index (χ2v) is 6.67. The fourth-order valence-corrected chi connectivity index (χ4v) is 3.04. The number of hydrogen-bond acceptors (Lipinski definition) is 4. The van der Waals surface area contributed by atoms with Crippen molar-refractivity contribution in [2.75, 3.05) is 26.2 Å². The predicted octanol–water partition coefficient (Wildman–Crippen LogP) is 2.69. The molecule has 0 radical (unpaired) electrons. The lowest BCUT2D eigenvalue weighted by molar-refractivity contribution is -0.136. The van der Waals surface area contributed by atoms with Crippen LogP contribution in [0.3, 0.4) is 0 Å². The van der Waals surface area contributed by atoms with E-state index in [-0.39, 0.29) is 6.42 Å². The number of aryl methyl sites for hydroxylation is 1. The van der Waals surface area contributed by atoms with Crippen molar-refractivity contribution < 1.29 is 14.6 Å². The monoisotopic (exact) mass is 354 g/mol. The highest BCUT2D eigenvalue weighted by Crippen LogP contribution is 2.16. The second-order valence-electron chi connectivity index (χ2n) is 6.67. The molecule has 2 aromatic rings. The third-order valence-corrected chi connectivity index (χ3v) is 4.60. The molecule has 2 aromatic carbocycles. The van der Waals surface area contributed by atoms with Gasteiger partial charge in [0.15, 0.2) is 0 Å². The smallest absolute Gasteiger partial charge is 0.303 e. The summed E-state index contributed by atoms with van der Waals surface area (Å²) < 4.78 is 5.83. The van der Waals surface area contributed by atoms with E-state index >= 15 is 0 Å². The van der Waals surface area contributed by atoms with Gasteiger partial charge in [0.1, 0.15) is 12.4 Å². The van der Waals surface area contributed by atoms with E-state index in [9.17, 15) is 4.79 Å². The Morgan fingerprint density at radius 3 is 2.23 bits per heavy atom. The summed E-state index contributed by atoms with van der Waals surface area (Å²) in [6.45, 7) is 5.88. The number of carbonyl (C=O) groups is 1. The standard InChI is InChI=1S/C21H26N2O3/c24-21(25)10-7-17-5-8-20(9-6-17)26-16-19-3-1-18(2-4-19)15-23-13-11-22-12-14-23/h1-6,8-9,22H,7,10-16H2,(H,24,25). The molecule has 0 saturated carbocycles. The van der Waals surface area contributed by atoms with Crippen LogP contribution in [0.25, 0.3) is 0 Å². The van der Waals surface area contributed by atoms with Crippen molar-refractivity contribution in [2.45, 2.75) is 26.0 Å². The molecule has 1 saturated heterocycles. The van der Waals surface area contributed by atoms with Gasteiger partial charge >= 0.3 is 5.97 Å². The molecule has 0 amide bonds. The SMILES string of the molecule is O=C(O)CCc1ccc(OCc2ccc(CN3CCNCC3)cc2)cc1. The topological polar surface area (TPSA) is 61.8 Å². The molecule has 0 aliphatic carbocycles. The Morgan fingerprint density at radius 1 is 0.962 bits per heavy atom. The fraction of sp³-hybridized carbons (Fsp3) is 0.381. The number of rotatable bonds is 8. The Balaban J connectivity index is 1.46. The fourth-order valence-electron chi connectivity index (χ4n) is 3.04. The molecule has 0 unspecified atom stereocenters. The maximum atomic E-state index is 10.6. The van der Waals surface area contributed by atoms with Crippen molar-refractivity contribution in [3.05, 3.63) is 65.2 Å². The van der Waals surface area contributed by atoms with Gasteiger partial charge in [-0.2, -0.15) is 0 Å². The zero-order valence-corrected chi connectivity index (χ0v) is 15.0. The van der Waals surface area contributed by atoms with Gasteiger partial charge in [0.05, 0.1) is 0 Å². The molecule has 0 spiro atoms. The van der Waals surface area contributed by atoms with Gasteiger partial charge < -0.3 is 15.2 Å². The van der Waals surface area contributed by atoms with Gasteiger partial charge in [-0.25, -0.2) is 0 Å². The van der Waals surface area contributed by atoms with Gasteiger partial charge in [0.25, 0.3) is 0 Å². The summed E-state index contributed by atoms with van der Waals surface area (Å²) in [5.41, 5.74) is 3.49. The Hall–Kier alpha value is -2.37. The number of carboxylic acids is 1. The number of aliphatic carboxylic acids is 1. The number of hydrogen-bond donors (Lipinski definition) is 2. The van der Waals surface area contributed by atoms with Crippen molar-refractivity contribution in [2.24, 2.45) is 0 Å². The first kappa shape index (κ1) is 18.4. The van der Waals surface area contributed by atoms with E-state index < -0.39 is 5.97 Å². The van der Waals surface area contributed by atoms with Gasteiger partial charge in [0, 0.05) is 39.1 Å². The van der Waals surface area contributed by atoms with Crippen molar-refractivity contribution in [1.29, 1.82) is 0 Å². The van der Waals surface area contributed by atoms with E-state index in [0.717, 1.165) is 49.6 Å². The Morgan fingerprint density at radius 2 is 1.58 bits per heavy atom. The molecule has 138 valence electrons. The largest absolute Gasteiger partial charge is 0.489 e. The van der Waals surface area contributed by atoms with Crippen LogP contribution in [0.15, 0.2) is 48.5 Å². The highest BCUT2D eigenvalue weighted by Gasteiger charge is 2.09. The van der Waals surface area contributed by atoms with Crippen molar-refractivity contribution in [3.8, 4) is 5.75 Å². The lowest BCUT2D eigenvalue weighted by Gasteiger charge is -2.27. The predicted molar refractivity (Wildman–Crippen MR) is 101 cm³/mol. The number of ether oxygens (including phenoxy) is 1. The molecule has 1 heterocycles. The summed E-state index contributed by atoms with van der Waals surface area (Å²) in [6, 6.07) is 16.2. The number of carboxylic acid groups (broad SMARTS) is 1. The number of benzene rings is 2. The first-order valence-electron chi connectivity index (χ1n) is 9.13. The van der Waals surface area contributed by atoms with Crippen LogP contribution < -0.4 is 10.1 Å². The Kier molecular flexibility index (Phi) is 6.63. The van der Waals surface area contributed by atoms with Gasteiger partial charge in [0.2, 0.25) is 0 Å². The number of nitrogens with zero attached hydrogens (tertiary/aromatic N) is 1. The molecule has 1 aliphatic rings. The molecule has 5 heteroatoms. The lowest BCUT2D eigenvalue weighted by Crippen LogP contribution is -2.42. The minimum atomic E-state index is -0.772. The summed E-state index contributed by atoms with van der Waals surface area (Å²) >= 11 is 0. The van der Waals surface area contributed by atoms with Crippen LogP contribution in [0.2, 0.25) is 0 Å². The lowest BCUT2D eigenvalue weighted by atomic mass is 10.1. The summed E-state index contributed by atoms with van der Waals surface area (Å²) in [6.07, 6.45) is 0.699. The molecule has 5 nitrogen and oxygen atoms in total. The summed E-state index contributed by atoms with van der Waals surface area (Å²) in [4.78, 5) is 13.1. The first-order valence-corrected chi connectivity index (χ1v) is 9.13. The average Bonchev–Trinajstić information content (AvgIpc) is 2.67. The Bertz CT molecular complexity index is 692. The van der Waals surface area contributed by atoms with Crippen LogP contribution in [-0.4, -0.2) is 42.2 Å². The Labute approximate surface area is 154 Å². The summed E-state index contributed by atoms with van der Waals surface area (Å²) in [5, 5.41) is 12.1. The van der Waals surface area contributed by atoms with E-state index in [1.165, 1.54) is 5.56 Å². The minimum absolute atomic E-state index is 0.153. The molecular weight excluding hydrogens is 328 g/mol. The van der Waals surface area contributed by atoms with Crippen LogP contribution in [-0.2, 0) is 24.4 Å². The van der Waals surface area contributed by atoms with Gasteiger partial charge in [-0.05, 0) is 35.2 Å². The number of nitrogens with one attached hydrogen (secondary N) is 1. The van der Waals surface area contributed by atoms with E-state index in [0.29, 0.717) is 13.0 Å². The van der Waals surface area contributed by atoms with Crippen LogP contribution >= 0.6 is 0 Å². The number of piperazine rings is 1. The minimum Gasteiger partial charge on any atom is -0.489 e. The molecular formula is C21H26N2O3. The van der Waals surface area contributed by atoms with E-state index in [1.807, 2.05) is 24.3 Å². The maximum absolute atomic E-state index is 10.6. The van der Waals surface area contributed by atoms with Crippen LogP contribution in [0.4, 0.5) is 0 Å². The second kappa shape index (κ2) is 9.36. The highest BCUT2D eigenvalue weighted by molar-refractivity contribution is 5.67. The zero-order chi connectivity index (χ0) is 18.2. The zero-order valence-electron chi connectivity index (χ0n) is 15.0. The van der Waals surface area contributed by atoms with E-state index in [2.05, 4.69) is 34.5 Å². The first-order chi connectivity index (χ1) is 12.7. The third-order valence-electron chi connectivity index (χ3n) is 4.60.